The molecule has 1 aromatic rings. The van der Waals surface area contributed by atoms with Crippen LogP contribution in [0.5, 0.6) is 0 Å². The Morgan fingerprint density at radius 1 is 1.25 bits per heavy atom. The van der Waals surface area contributed by atoms with E-state index in [1.807, 2.05) is 0 Å². The number of hydrogen-bond donors (Lipinski definition) is 1. The topological polar surface area (TPSA) is 27.6 Å². The van der Waals surface area contributed by atoms with Crippen molar-refractivity contribution in [2.45, 2.75) is 13.0 Å². The summed E-state index contributed by atoms with van der Waals surface area (Å²) >= 11 is 0. The van der Waals surface area contributed by atoms with Crippen LogP contribution in [0, 0.1) is 0 Å². The Balaban J connectivity index is 2.09. The van der Waals surface area contributed by atoms with Gasteiger partial charge in [0.2, 0.25) is 0 Å². The molecule has 3 heteroatoms. The van der Waals surface area contributed by atoms with Gasteiger partial charge in [0.25, 0.3) is 0 Å². The van der Waals surface area contributed by atoms with Crippen LogP contribution in [0.25, 0.3) is 0 Å². The molecule has 0 radical (unpaired) electrons. The van der Waals surface area contributed by atoms with Gasteiger partial charge in [-0.3, -0.25) is 4.99 Å². The quantitative estimate of drug-likeness (QED) is 0.830. The van der Waals surface area contributed by atoms with E-state index in [1.54, 1.807) is 0 Å². The van der Waals surface area contributed by atoms with Gasteiger partial charge in [-0.25, -0.2) is 0 Å². The van der Waals surface area contributed by atoms with E-state index in [-0.39, 0.29) is 0 Å². The first-order valence-corrected chi connectivity index (χ1v) is 5.78. The highest BCUT2D eigenvalue weighted by atomic mass is 15.0. The predicted octanol–water partition coefficient (Wildman–Crippen LogP) is 1.49. The Morgan fingerprint density at radius 3 is 2.56 bits per heavy atom. The summed E-state index contributed by atoms with van der Waals surface area (Å²) < 4.78 is 0. The minimum absolute atomic E-state index is 0.946. The van der Waals surface area contributed by atoms with Crippen LogP contribution >= 0.6 is 0 Å². The molecule has 0 saturated heterocycles. The lowest BCUT2D eigenvalue weighted by Gasteiger charge is -2.15. The van der Waals surface area contributed by atoms with Gasteiger partial charge in [-0.2, -0.15) is 0 Å². The maximum Gasteiger partial charge on any atom is 0.128 e. The zero-order valence-electron chi connectivity index (χ0n) is 10.0. The lowest BCUT2D eigenvalue weighted by atomic mass is 10.1. The van der Waals surface area contributed by atoms with E-state index in [2.05, 4.69) is 53.6 Å². The predicted molar refractivity (Wildman–Crippen MR) is 67.9 cm³/mol. The van der Waals surface area contributed by atoms with Crippen LogP contribution in [0.1, 0.15) is 17.5 Å². The van der Waals surface area contributed by atoms with Gasteiger partial charge in [-0.1, -0.05) is 24.3 Å². The first-order chi connectivity index (χ1) is 7.75. The van der Waals surface area contributed by atoms with Crippen molar-refractivity contribution in [2.75, 3.05) is 27.2 Å². The van der Waals surface area contributed by atoms with Crippen molar-refractivity contribution in [3.63, 3.8) is 0 Å². The maximum atomic E-state index is 4.49. The number of nitrogens with one attached hydrogen (secondary N) is 1. The van der Waals surface area contributed by atoms with Crippen LogP contribution in [0.2, 0.25) is 0 Å². The molecular weight excluding hydrogens is 198 g/mol. The molecule has 0 aliphatic carbocycles. The first-order valence-electron chi connectivity index (χ1n) is 5.78. The monoisotopic (exact) mass is 217 g/mol. The molecule has 0 spiro atoms. The standard InChI is InChI=1S/C13H19N3/c1-16(2)10-11-4-6-12(7-5-11)13-14-8-3-9-15-13/h4-7H,3,8-10H2,1-2H3,(H,14,15). The lowest BCUT2D eigenvalue weighted by Crippen LogP contribution is -2.30. The van der Waals surface area contributed by atoms with E-state index in [0.717, 1.165) is 31.9 Å². The molecule has 1 aromatic carbocycles. The van der Waals surface area contributed by atoms with E-state index in [9.17, 15) is 0 Å². The summed E-state index contributed by atoms with van der Waals surface area (Å²) in [6, 6.07) is 8.65. The van der Waals surface area contributed by atoms with Crippen molar-refractivity contribution in [1.82, 2.24) is 10.2 Å². The second kappa shape index (κ2) is 5.12. The smallest absolute Gasteiger partial charge is 0.128 e. The Hall–Kier alpha value is -1.35. The van der Waals surface area contributed by atoms with Crippen LogP contribution < -0.4 is 5.32 Å². The number of amidine groups is 1. The minimum Gasteiger partial charge on any atom is -0.370 e. The van der Waals surface area contributed by atoms with E-state index in [0.29, 0.717) is 0 Å². The van der Waals surface area contributed by atoms with E-state index >= 15 is 0 Å². The van der Waals surface area contributed by atoms with Crippen LogP contribution in [0.4, 0.5) is 0 Å². The molecule has 1 aliphatic heterocycles. The number of hydrogen-bond acceptors (Lipinski definition) is 3. The zero-order valence-corrected chi connectivity index (χ0v) is 10.0. The molecule has 0 saturated carbocycles. The lowest BCUT2D eigenvalue weighted by molar-refractivity contribution is 0.402. The molecule has 16 heavy (non-hydrogen) atoms. The normalized spacial score (nSPS) is 15.8. The summed E-state index contributed by atoms with van der Waals surface area (Å²) in [7, 11) is 4.17. The van der Waals surface area contributed by atoms with E-state index in [4.69, 9.17) is 0 Å². The molecule has 0 unspecified atom stereocenters. The fourth-order valence-corrected chi connectivity index (χ4v) is 1.86. The molecule has 1 heterocycles. The molecular formula is C13H19N3. The molecule has 2 rings (SSSR count). The van der Waals surface area contributed by atoms with Gasteiger partial charge >= 0.3 is 0 Å². The van der Waals surface area contributed by atoms with Crippen LogP contribution in [0.15, 0.2) is 29.3 Å². The Labute approximate surface area is 97.2 Å². The fraction of sp³-hybridized carbons (Fsp3) is 0.462. The van der Waals surface area contributed by atoms with Gasteiger partial charge in [-0.05, 0) is 26.1 Å². The van der Waals surface area contributed by atoms with Gasteiger partial charge < -0.3 is 10.2 Å². The number of nitrogens with zero attached hydrogens (tertiary/aromatic N) is 2. The number of rotatable bonds is 3. The van der Waals surface area contributed by atoms with Crippen molar-refractivity contribution in [3.8, 4) is 0 Å². The van der Waals surface area contributed by atoms with Crippen molar-refractivity contribution in [1.29, 1.82) is 0 Å². The summed E-state index contributed by atoms with van der Waals surface area (Å²) in [5, 5.41) is 3.34. The molecule has 3 nitrogen and oxygen atoms in total. The highest BCUT2D eigenvalue weighted by molar-refractivity contribution is 5.99. The summed E-state index contributed by atoms with van der Waals surface area (Å²) in [6.07, 6.45) is 1.14. The van der Waals surface area contributed by atoms with Gasteiger partial charge in [0.05, 0.1) is 0 Å². The molecule has 0 atom stereocenters. The SMILES string of the molecule is CN(C)Cc1ccc(C2=NCCCN2)cc1. The number of aliphatic imine (C=N–C) groups is 1. The molecule has 0 aromatic heterocycles. The first kappa shape index (κ1) is 11.1. The third-order valence-electron chi connectivity index (χ3n) is 2.62. The Bertz CT molecular complexity index is 365. The van der Waals surface area contributed by atoms with E-state index < -0.39 is 0 Å². The third kappa shape index (κ3) is 2.83. The summed E-state index contributed by atoms with van der Waals surface area (Å²) in [5.74, 6) is 1.04. The maximum absolute atomic E-state index is 4.49. The minimum atomic E-state index is 0.946. The average molecular weight is 217 g/mol. The summed E-state index contributed by atoms with van der Waals surface area (Å²) in [4.78, 5) is 6.66. The van der Waals surface area contributed by atoms with E-state index in [1.165, 1.54) is 11.1 Å². The second-order valence-corrected chi connectivity index (χ2v) is 4.45. The van der Waals surface area contributed by atoms with Crippen molar-refractivity contribution < 1.29 is 0 Å². The molecule has 0 amide bonds. The molecule has 1 N–H and O–H groups in total. The highest BCUT2D eigenvalue weighted by Crippen LogP contribution is 2.08. The van der Waals surface area contributed by atoms with Crippen LogP contribution in [0.3, 0.4) is 0 Å². The van der Waals surface area contributed by atoms with Crippen LogP contribution in [-0.2, 0) is 6.54 Å². The van der Waals surface area contributed by atoms with Gasteiger partial charge in [-0.15, -0.1) is 0 Å². The zero-order chi connectivity index (χ0) is 11.4. The summed E-state index contributed by atoms with van der Waals surface area (Å²) in [5.41, 5.74) is 2.53. The highest BCUT2D eigenvalue weighted by Gasteiger charge is 2.06. The van der Waals surface area contributed by atoms with Crippen molar-refractivity contribution in [2.24, 2.45) is 4.99 Å². The Kier molecular flexibility index (Phi) is 3.57. The second-order valence-electron chi connectivity index (χ2n) is 4.45. The molecule has 0 bridgehead atoms. The third-order valence-corrected chi connectivity index (χ3v) is 2.62. The number of benzene rings is 1. The fourth-order valence-electron chi connectivity index (χ4n) is 1.86. The molecule has 86 valence electrons. The van der Waals surface area contributed by atoms with Gasteiger partial charge in [0.15, 0.2) is 0 Å². The van der Waals surface area contributed by atoms with Crippen molar-refractivity contribution in [3.05, 3.63) is 35.4 Å². The average Bonchev–Trinajstić information content (AvgIpc) is 2.30. The van der Waals surface area contributed by atoms with Gasteiger partial charge in [0, 0.05) is 25.2 Å². The molecule has 0 fully saturated rings. The molecule has 1 aliphatic rings. The van der Waals surface area contributed by atoms with Crippen molar-refractivity contribution >= 4 is 5.84 Å². The van der Waals surface area contributed by atoms with Crippen LogP contribution in [-0.4, -0.2) is 37.9 Å². The summed E-state index contributed by atoms with van der Waals surface area (Å²) in [6.45, 7) is 2.97. The Morgan fingerprint density at radius 2 is 2.00 bits per heavy atom. The largest absolute Gasteiger partial charge is 0.370 e. The van der Waals surface area contributed by atoms with Gasteiger partial charge in [0.1, 0.15) is 5.84 Å².